The minimum Gasteiger partial charge on any atom is -0.481 e. The molecule has 168 valence electrons. The van der Waals surface area contributed by atoms with Crippen molar-refractivity contribution in [3.8, 4) is 11.1 Å². The number of aromatic amines is 1. The van der Waals surface area contributed by atoms with Gasteiger partial charge in [-0.25, -0.2) is 4.98 Å². The summed E-state index contributed by atoms with van der Waals surface area (Å²) in [6, 6.07) is 18.9. The monoisotopic (exact) mass is 445 g/mol. The number of aliphatic hydroxyl groups is 1. The van der Waals surface area contributed by atoms with Crippen LogP contribution in [0.1, 0.15) is 22.3 Å². The van der Waals surface area contributed by atoms with E-state index in [1.54, 1.807) is 6.07 Å². The first-order valence-electron chi connectivity index (χ1n) is 10.5. The van der Waals surface area contributed by atoms with Crippen molar-refractivity contribution in [3.63, 3.8) is 0 Å². The maximum atomic E-state index is 12.9. The number of carboxylic acid groups (broad SMARTS) is 1. The maximum Gasteiger partial charge on any atom is 0.308 e. The molecule has 9 nitrogen and oxygen atoms in total. The molecule has 2 atom stereocenters. The lowest BCUT2D eigenvalue weighted by molar-refractivity contribution is -0.143. The minimum absolute atomic E-state index is 0.0810. The number of fused-ring (bicyclic) bond motifs is 1. The quantitative estimate of drug-likeness (QED) is 0.310. The zero-order chi connectivity index (χ0) is 23.2. The second kappa shape index (κ2) is 10.0. The number of benzene rings is 2. The normalized spacial score (nSPS) is 12.9. The van der Waals surface area contributed by atoms with Crippen molar-refractivity contribution in [2.45, 2.75) is 18.9 Å². The summed E-state index contributed by atoms with van der Waals surface area (Å²) >= 11 is 0. The number of rotatable bonds is 9. The van der Waals surface area contributed by atoms with Crippen LogP contribution < -0.4 is 5.32 Å². The van der Waals surface area contributed by atoms with Gasteiger partial charge in [0, 0.05) is 12.2 Å². The summed E-state index contributed by atoms with van der Waals surface area (Å²) in [4.78, 5) is 28.5. The van der Waals surface area contributed by atoms with E-state index in [0.717, 1.165) is 16.7 Å². The lowest BCUT2D eigenvalue weighted by atomic mass is 9.94. The molecule has 4 N–H and O–H groups in total. The van der Waals surface area contributed by atoms with Crippen LogP contribution in [0.15, 0.2) is 66.9 Å². The number of aliphatic carboxylic acids is 1. The van der Waals surface area contributed by atoms with E-state index in [0.29, 0.717) is 17.6 Å². The third-order valence-electron chi connectivity index (χ3n) is 5.45. The van der Waals surface area contributed by atoms with Crippen LogP contribution in [0.2, 0.25) is 0 Å². The summed E-state index contributed by atoms with van der Waals surface area (Å²) in [6.07, 6.45) is 1.88. The average Bonchev–Trinajstić information content (AvgIpc) is 3.31. The van der Waals surface area contributed by atoms with Gasteiger partial charge < -0.3 is 15.5 Å². The maximum absolute atomic E-state index is 12.9. The molecule has 9 heteroatoms. The average molecular weight is 445 g/mol. The second-order valence-corrected chi connectivity index (χ2v) is 7.78. The first-order valence-corrected chi connectivity index (χ1v) is 10.5. The number of aromatic nitrogens is 4. The second-order valence-electron chi connectivity index (χ2n) is 7.78. The minimum atomic E-state index is -1.11. The van der Waals surface area contributed by atoms with E-state index in [2.05, 4.69) is 25.7 Å². The van der Waals surface area contributed by atoms with Crippen molar-refractivity contribution in [3.05, 3.63) is 78.0 Å². The zero-order valence-electron chi connectivity index (χ0n) is 17.7. The summed E-state index contributed by atoms with van der Waals surface area (Å²) in [7, 11) is 0. The first-order chi connectivity index (χ1) is 16.0. The fourth-order valence-corrected chi connectivity index (χ4v) is 3.67. The van der Waals surface area contributed by atoms with E-state index in [1.165, 1.54) is 6.20 Å². The molecule has 0 aliphatic heterocycles. The molecule has 2 aromatic carbocycles. The Bertz CT molecular complexity index is 1240. The lowest BCUT2D eigenvalue weighted by Gasteiger charge is -2.22. The summed E-state index contributed by atoms with van der Waals surface area (Å²) in [5.41, 5.74) is 4.23. The van der Waals surface area contributed by atoms with Crippen molar-refractivity contribution in [2.24, 2.45) is 5.92 Å². The Morgan fingerprint density at radius 2 is 1.73 bits per heavy atom. The third-order valence-corrected chi connectivity index (χ3v) is 5.45. The van der Waals surface area contributed by atoms with Crippen LogP contribution in [-0.4, -0.2) is 55.1 Å². The van der Waals surface area contributed by atoms with E-state index in [9.17, 15) is 19.8 Å². The van der Waals surface area contributed by atoms with Crippen LogP contribution in [0.25, 0.3) is 22.3 Å². The Morgan fingerprint density at radius 1 is 1.00 bits per heavy atom. The van der Waals surface area contributed by atoms with Gasteiger partial charge in [-0.3, -0.25) is 9.59 Å². The van der Waals surface area contributed by atoms with E-state index in [-0.39, 0.29) is 12.0 Å². The molecule has 0 aliphatic carbocycles. The molecule has 0 aliphatic rings. The van der Waals surface area contributed by atoms with Crippen LogP contribution in [0.5, 0.6) is 0 Å². The molecule has 4 aromatic rings. The van der Waals surface area contributed by atoms with Crippen LogP contribution in [0.3, 0.4) is 0 Å². The summed E-state index contributed by atoms with van der Waals surface area (Å²) in [5.74, 6) is -2.50. The van der Waals surface area contributed by atoms with Crippen LogP contribution in [0.4, 0.5) is 0 Å². The molecule has 0 saturated carbocycles. The predicted molar refractivity (Wildman–Crippen MR) is 121 cm³/mol. The molecular weight excluding hydrogens is 422 g/mol. The highest BCUT2D eigenvalue weighted by Gasteiger charge is 2.24. The van der Waals surface area contributed by atoms with Gasteiger partial charge in [0.1, 0.15) is 5.52 Å². The molecule has 0 fully saturated rings. The van der Waals surface area contributed by atoms with Gasteiger partial charge in [0.15, 0.2) is 0 Å². The van der Waals surface area contributed by atoms with Gasteiger partial charge in [0.25, 0.3) is 5.91 Å². The van der Waals surface area contributed by atoms with Crippen molar-refractivity contribution in [1.82, 2.24) is 25.7 Å². The van der Waals surface area contributed by atoms with Crippen molar-refractivity contribution in [1.29, 1.82) is 0 Å². The van der Waals surface area contributed by atoms with E-state index < -0.39 is 30.4 Å². The standard InChI is InChI=1S/C24H23N5O4/c30-14-19(24(32)33)11-20(26-23(31)18-12-21-22(25-13-18)28-29-27-21)10-15-6-8-17(9-7-15)16-4-2-1-3-5-16/h1-9,12-13,19-20,30H,10-11,14H2,(H,26,31)(H,32,33)(H,25,27,28,29). The first kappa shape index (κ1) is 22.1. The SMILES string of the molecule is O=C(NC(Cc1ccc(-c2ccccc2)cc1)CC(CO)C(=O)O)c1cnc2n[nH]nc2c1. The Morgan fingerprint density at radius 3 is 2.42 bits per heavy atom. The molecule has 4 rings (SSSR count). The summed E-state index contributed by atoms with van der Waals surface area (Å²) < 4.78 is 0. The van der Waals surface area contributed by atoms with Crippen molar-refractivity contribution >= 4 is 23.0 Å². The Balaban J connectivity index is 1.52. The highest BCUT2D eigenvalue weighted by molar-refractivity contribution is 5.96. The van der Waals surface area contributed by atoms with Crippen molar-refractivity contribution < 1.29 is 19.8 Å². The number of nitrogens with one attached hydrogen (secondary N) is 2. The van der Waals surface area contributed by atoms with Gasteiger partial charge in [-0.2, -0.15) is 10.3 Å². The fraction of sp³-hybridized carbons (Fsp3) is 0.208. The van der Waals surface area contributed by atoms with Crippen molar-refractivity contribution in [2.75, 3.05) is 6.61 Å². The summed E-state index contributed by atoms with van der Waals surface area (Å²) in [5, 5.41) is 32.0. The summed E-state index contributed by atoms with van der Waals surface area (Å²) in [6.45, 7) is -0.513. The highest BCUT2D eigenvalue weighted by atomic mass is 16.4. The number of hydrogen-bond acceptors (Lipinski definition) is 6. The van der Waals surface area contributed by atoms with Crippen LogP contribution in [-0.2, 0) is 11.2 Å². The molecule has 33 heavy (non-hydrogen) atoms. The number of aliphatic hydroxyl groups excluding tert-OH is 1. The topological polar surface area (TPSA) is 141 Å². The van der Waals surface area contributed by atoms with Gasteiger partial charge >= 0.3 is 5.97 Å². The number of hydrogen-bond donors (Lipinski definition) is 4. The molecule has 0 bridgehead atoms. The molecule has 0 spiro atoms. The van der Waals surface area contributed by atoms with E-state index in [4.69, 9.17) is 0 Å². The molecular formula is C24H23N5O4. The number of pyridine rings is 1. The molecule has 2 aromatic heterocycles. The molecule has 2 unspecified atom stereocenters. The Hall–Kier alpha value is -4.11. The number of carboxylic acids is 1. The van der Waals surface area contributed by atoms with E-state index >= 15 is 0 Å². The lowest BCUT2D eigenvalue weighted by Crippen LogP contribution is -2.39. The number of carbonyl (C=O) groups is 2. The molecule has 1 amide bonds. The van der Waals surface area contributed by atoms with Gasteiger partial charge in [0.05, 0.1) is 18.1 Å². The number of carbonyl (C=O) groups excluding carboxylic acids is 1. The smallest absolute Gasteiger partial charge is 0.308 e. The molecule has 0 radical (unpaired) electrons. The fourth-order valence-electron chi connectivity index (χ4n) is 3.67. The van der Waals surface area contributed by atoms with Gasteiger partial charge in [0.2, 0.25) is 5.65 Å². The van der Waals surface area contributed by atoms with E-state index in [1.807, 2.05) is 54.6 Å². The van der Waals surface area contributed by atoms with Gasteiger partial charge in [-0.1, -0.05) is 54.6 Å². The molecule has 2 heterocycles. The Kier molecular flexibility index (Phi) is 6.70. The number of nitrogens with zero attached hydrogens (tertiary/aromatic N) is 3. The Labute approximate surface area is 189 Å². The van der Waals surface area contributed by atoms with Crippen LogP contribution in [0, 0.1) is 5.92 Å². The largest absolute Gasteiger partial charge is 0.481 e. The zero-order valence-corrected chi connectivity index (χ0v) is 17.7. The van der Waals surface area contributed by atoms with Crippen LogP contribution >= 0.6 is 0 Å². The van der Waals surface area contributed by atoms with Gasteiger partial charge in [-0.15, -0.1) is 5.10 Å². The number of H-pyrrole nitrogens is 1. The number of amides is 1. The predicted octanol–water partition coefficient (Wildman–Crippen LogP) is 2.44. The molecule has 0 saturated heterocycles. The van der Waals surface area contributed by atoms with Gasteiger partial charge in [-0.05, 0) is 35.6 Å². The third kappa shape index (κ3) is 5.39. The highest BCUT2D eigenvalue weighted by Crippen LogP contribution is 2.21.